The predicted molar refractivity (Wildman–Crippen MR) is 102 cm³/mol. The second-order valence-electron chi connectivity index (χ2n) is 7.39. The molecule has 0 saturated carbocycles. The number of aromatic nitrogens is 4. The normalized spacial score (nSPS) is 12.1. The van der Waals surface area contributed by atoms with Gasteiger partial charge in [-0.05, 0) is 12.8 Å². The van der Waals surface area contributed by atoms with Gasteiger partial charge < -0.3 is 4.98 Å². The average Bonchev–Trinajstić information content (AvgIpc) is 3.05. The molecule has 5 heteroatoms. The van der Waals surface area contributed by atoms with E-state index in [0.717, 1.165) is 28.0 Å². The number of nitrogens with one attached hydrogen (secondary N) is 1. The average molecular weight is 333 g/mol. The maximum atomic E-state index is 4.50. The van der Waals surface area contributed by atoms with Crippen LogP contribution in [0.15, 0.2) is 12.7 Å². The Morgan fingerprint density at radius 1 is 0.833 bits per heavy atom. The summed E-state index contributed by atoms with van der Waals surface area (Å²) in [6.45, 7) is 3.38. The van der Waals surface area contributed by atoms with Crippen LogP contribution in [0.4, 0.5) is 5.82 Å². The molecule has 0 amide bonds. The fraction of sp³-hybridized carbons (Fsp3) is 0.737. The van der Waals surface area contributed by atoms with Crippen molar-refractivity contribution in [1.82, 2.24) is 24.4 Å². The Kier molecular flexibility index (Phi) is 7.63. The molecule has 0 aliphatic rings. The van der Waals surface area contributed by atoms with Gasteiger partial charge in [-0.25, -0.2) is 9.97 Å². The van der Waals surface area contributed by atoms with E-state index in [1.54, 1.807) is 12.7 Å². The van der Waals surface area contributed by atoms with Crippen molar-refractivity contribution < 1.29 is 0 Å². The highest BCUT2D eigenvalue weighted by molar-refractivity contribution is 5.81. The first-order valence-electron chi connectivity index (χ1n) is 9.63. The zero-order chi connectivity index (χ0) is 17.3. The van der Waals surface area contributed by atoms with Crippen LogP contribution in [0.25, 0.3) is 11.2 Å². The minimum Gasteiger partial charge on any atom is -0.337 e. The molecule has 2 aromatic rings. The van der Waals surface area contributed by atoms with Crippen LogP contribution >= 0.6 is 0 Å². The molecular weight excluding hydrogens is 298 g/mol. The third-order valence-corrected chi connectivity index (χ3v) is 4.85. The first-order chi connectivity index (χ1) is 11.6. The molecule has 0 aliphatic heterocycles. The van der Waals surface area contributed by atoms with Gasteiger partial charge in [0.15, 0.2) is 11.2 Å². The number of nitrogens with zero attached hydrogens (tertiary/aromatic N) is 4. The second-order valence-corrected chi connectivity index (χ2v) is 7.39. The lowest BCUT2D eigenvalue weighted by Gasteiger charge is -2.27. The van der Waals surface area contributed by atoms with Gasteiger partial charge in [0.25, 0.3) is 5.82 Å². The summed E-state index contributed by atoms with van der Waals surface area (Å²) in [6.07, 6.45) is 17.0. The van der Waals surface area contributed by atoms with E-state index in [1.165, 1.54) is 64.2 Å². The monoisotopic (exact) mass is 332 g/mol. The first-order valence-corrected chi connectivity index (χ1v) is 9.63. The highest BCUT2D eigenvalue weighted by Gasteiger charge is 2.24. The minimum absolute atomic E-state index is 0.759. The number of hydrogen-bond donors (Lipinski definition) is 1. The molecule has 0 aromatic carbocycles. The highest BCUT2D eigenvalue weighted by atomic mass is 15.4. The summed E-state index contributed by atoms with van der Waals surface area (Å²) >= 11 is 0. The van der Waals surface area contributed by atoms with E-state index in [4.69, 9.17) is 0 Å². The van der Waals surface area contributed by atoms with Gasteiger partial charge in [0.1, 0.15) is 6.33 Å². The van der Waals surface area contributed by atoms with Crippen LogP contribution in [0.1, 0.15) is 71.1 Å². The number of unbranched alkanes of at least 4 members (excludes halogenated alkanes) is 9. The van der Waals surface area contributed by atoms with E-state index < -0.39 is 0 Å². The third kappa shape index (κ3) is 5.55. The van der Waals surface area contributed by atoms with Gasteiger partial charge in [-0.2, -0.15) is 4.98 Å². The van der Waals surface area contributed by atoms with Crippen molar-refractivity contribution in [2.45, 2.75) is 71.1 Å². The van der Waals surface area contributed by atoms with Gasteiger partial charge in [0, 0.05) is 0 Å². The van der Waals surface area contributed by atoms with Gasteiger partial charge >= 0.3 is 0 Å². The van der Waals surface area contributed by atoms with Crippen molar-refractivity contribution in [2.75, 3.05) is 20.6 Å². The fourth-order valence-electron chi connectivity index (χ4n) is 3.31. The molecule has 0 bridgehead atoms. The number of hydrogen-bond acceptors (Lipinski definition) is 3. The lowest BCUT2D eigenvalue weighted by Crippen LogP contribution is -2.42. The lowest BCUT2D eigenvalue weighted by molar-refractivity contribution is 0.374. The van der Waals surface area contributed by atoms with E-state index in [1.807, 2.05) is 0 Å². The molecule has 24 heavy (non-hydrogen) atoms. The third-order valence-electron chi connectivity index (χ3n) is 4.85. The number of aromatic amines is 1. The summed E-state index contributed by atoms with van der Waals surface area (Å²) in [5, 5.41) is 0. The van der Waals surface area contributed by atoms with Gasteiger partial charge in [-0.1, -0.05) is 58.3 Å². The smallest absolute Gasteiger partial charge is 0.256 e. The minimum atomic E-state index is 0.759. The Labute approximate surface area is 146 Å². The Bertz CT molecular complexity index is 590. The number of fused-ring (bicyclic) bond motifs is 1. The first kappa shape index (κ1) is 18.8. The van der Waals surface area contributed by atoms with Crippen LogP contribution in [0.3, 0.4) is 0 Å². The number of imidazole rings is 1. The van der Waals surface area contributed by atoms with Crippen LogP contribution in [-0.2, 0) is 0 Å². The van der Waals surface area contributed by atoms with E-state index in [0.29, 0.717) is 0 Å². The highest BCUT2D eigenvalue weighted by Crippen LogP contribution is 2.24. The molecule has 1 N–H and O–H groups in total. The lowest BCUT2D eigenvalue weighted by atomic mass is 10.1. The van der Waals surface area contributed by atoms with Gasteiger partial charge in [0.2, 0.25) is 0 Å². The summed E-state index contributed by atoms with van der Waals surface area (Å²) in [5.74, 6) is 1.04. The standard InChI is InChI=1S/C19H34N5/c1-4-5-6-7-8-9-10-11-12-13-14-24(2,3)19-17-18(21-15-20-17)22-16-23-19/h15-16H,4-14H2,1-3H3,(H,20,21,22,23)/q+1. The summed E-state index contributed by atoms with van der Waals surface area (Å²) in [5.41, 5.74) is 1.73. The Morgan fingerprint density at radius 3 is 2.12 bits per heavy atom. The largest absolute Gasteiger partial charge is 0.337 e. The molecular formula is C19H34N5+. The van der Waals surface area contributed by atoms with Crippen molar-refractivity contribution in [3.63, 3.8) is 0 Å². The SMILES string of the molecule is CCCCCCCCCCCC[N+](C)(C)c1ncnc2nc[nH]c12. The maximum absolute atomic E-state index is 4.50. The van der Waals surface area contributed by atoms with Crippen molar-refractivity contribution in [2.24, 2.45) is 0 Å². The molecule has 0 saturated heterocycles. The molecule has 2 rings (SSSR count). The van der Waals surface area contributed by atoms with Crippen LogP contribution in [-0.4, -0.2) is 40.6 Å². The van der Waals surface area contributed by atoms with Gasteiger partial charge in [-0.3, -0.25) is 4.48 Å². The number of H-pyrrole nitrogens is 1. The molecule has 0 radical (unpaired) electrons. The van der Waals surface area contributed by atoms with Crippen molar-refractivity contribution in [1.29, 1.82) is 0 Å². The quantitative estimate of drug-likeness (QED) is 0.447. The Balaban J connectivity index is 1.65. The van der Waals surface area contributed by atoms with Crippen LogP contribution < -0.4 is 4.48 Å². The summed E-state index contributed by atoms with van der Waals surface area (Å²) in [6, 6.07) is 0. The second kappa shape index (κ2) is 9.72. The van der Waals surface area contributed by atoms with Crippen molar-refractivity contribution in [3.05, 3.63) is 12.7 Å². The summed E-state index contributed by atoms with van der Waals surface area (Å²) < 4.78 is 0.776. The van der Waals surface area contributed by atoms with Crippen LogP contribution in [0, 0.1) is 0 Å². The van der Waals surface area contributed by atoms with Gasteiger partial charge in [0.05, 0.1) is 27.0 Å². The van der Waals surface area contributed by atoms with Crippen LogP contribution in [0.2, 0.25) is 0 Å². The predicted octanol–water partition coefficient (Wildman–Crippen LogP) is 4.84. The van der Waals surface area contributed by atoms with E-state index in [-0.39, 0.29) is 0 Å². The zero-order valence-electron chi connectivity index (χ0n) is 15.7. The van der Waals surface area contributed by atoms with E-state index >= 15 is 0 Å². The number of rotatable bonds is 12. The topological polar surface area (TPSA) is 54.5 Å². The zero-order valence-corrected chi connectivity index (χ0v) is 15.7. The molecule has 5 nitrogen and oxygen atoms in total. The molecule has 0 spiro atoms. The van der Waals surface area contributed by atoms with Crippen molar-refractivity contribution in [3.8, 4) is 0 Å². The molecule has 0 aliphatic carbocycles. The molecule has 0 unspecified atom stereocenters. The van der Waals surface area contributed by atoms with E-state index in [2.05, 4.69) is 41.0 Å². The van der Waals surface area contributed by atoms with E-state index in [9.17, 15) is 0 Å². The molecule has 2 heterocycles. The maximum Gasteiger partial charge on any atom is 0.256 e. The van der Waals surface area contributed by atoms with Gasteiger partial charge in [-0.15, -0.1) is 0 Å². The Morgan fingerprint density at radius 2 is 1.46 bits per heavy atom. The summed E-state index contributed by atoms with van der Waals surface area (Å²) in [4.78, 5) is 16.1. The summed E-state index contributed by atoms with van der Waals surface area (Å²) in [7, 11) is 4.44. The Hall–Kier alpha value is -1.49. The number of quaternary nitrogens is 1. The van der Waals surface area contributed by atoms with Crippen LogP contribution in [0.5, 0.6) is 0 Å². The molecule has 0 atom stereocenters. The van der Waals surface area contributed by atoms with Crippen molar-refractivity contribution >= 4 is 17.0 Å². The molecule has 0 fully saturated rings. The molecule has 2 aromatic heterocycles. The molecule has 134 valence electrons. The fourth-order valence-corrected chi connectivity index (χ4v) is 3.31.